The Hall–Kier alpha value is -1.24. The zero-order valence-corrected chi connectivity index (χ0v) is 12.7. The first-order valence-corrected chi connectivity index (χ1v) is 7.57. The monoisotopic (exact) mass is 304 g/mol. The van der Waals surface area contributed by atoms with Crippen LogP contribution in [0, 0.1) is 0 Å². The van der Waals surface area contributed by atoms with Gasteiger partial charge in [-0.3, -0.25) is 0 Å². The third-order valence-corrected chi connectivity index (χ3v) is 4.25. The van der Waals surface area contributed by atoms with Crippen LogP contribution in [0.3, 0.4) is 0 Å². The van der Waals surface area contributed by atoms with E-state index >= 15 is 0 Å². The quantitative estimate of drug-likeness (QED) is 0.840. The normalized spacial score (nSPS) is 39.3. The van der Waals surface area contributed by atoms with Crippen molar-refractivity contribution in [1.29, 1.82) is 0 Å². The molecule has 3 aliphatic heterocycles. The molecule has 5 heteroatoms. The Morgan fingerprint density at radius 2 is 1.95 bits per heavy atom. The van der Waals surface area contributed by atoms with Gasteiger partial charge in [-0.05, 0) is 19.4 Å². The third-order valence-electron chi connectivity index (χ3n) is 4.25. The predicted octanol–water partition coefficient (Wildman–Crippen LogP) is 2.62. The maximum atomic E-state index is 6.15. The molecule has 0 bridgehead atoms. The highest BCUT2D eigenvalue weighted by molar-refractivity contribution is 5.52. The van der Waals surface area contributed by atoms with Crippen LogP contribution in [0.2, 0.25) is 0 Å². The summed E-state index contributed by atoms with van der Waals surface area (Å²) in [5.74, 6) is -0.642. The lowest BCUT2D eigenvalue weighted by atomic mass is 10.1. The van der Waals surface area contributed by atoms with Gasteiger partial charge in [-0.25, -0.2) is 0 Å². The van der Waals surface area contributed by atoms with Crippen LogP contribution in [-0.4, -0.2) is 37.0 Å². The maximum Gasteiger partial charge on any atom is 0.190 e. The van der Waals surface area contributed by atoms with Crippen molar-refractivity contribution in [3.63, 3.8) is 0 Å². The summed E-state index contributed by atoms with van der Waals surface area (Å²) in [5, 5.41) is 0. The SMILES string of the molecule is C=Cc1ccccc1C1OC[C@H]2O[C@@H]3OC(C)(C)O[C@@H]3[C@H]2O1. The molecule has 22 heavy (non-hydrogen) atoms. The number of hydrogen-bond donors (Lipinski definition) is 0. The van der Waals surface area contributed by atoms with Crippen LogP contribution in [-0.2, 0) is 23.7 Å². The minimum absolute atomic E-state index is 0.154. The van der Waals surface area contributed by atoms with E-state index in [0.29, 0.717) is 6.61 Å². The topological polar surface area (TPSA) is 46.2 Å². The molecule has 3 heterocycles. The van der Waals surface area contributed by atoms with Crippen molar-refractivity contribution in [1.82, 2.24) is 0 Å². The molecule has 0 aromatic heterocycles. The molecule has 1 aromatic carbocycles. The second kappa shape index (κ2) is 5.15. The van der Waals surface area contributed by atoms with Crippen molar-refractivity contribution >= 4 is 6.08 Å². The van der Waals surface area contributed by atoms with Gasteiger partial charge < -0.3 is 23.7 Å². The Balaban J connectivity index is 1.56. The highest BCUT2D eigenvalue weighted by Crippen LogP contribution is 2.43. The van der Waals surface area contributed by atoms with Gasteiger partial charge in [0.1, 0.15) is 18.3 Å². The first kappa shape index (κ1) is 14.4. The minimum Gasteiger partial charge on any atom is -0.346 e. The van der Waals surface area contributed by atoms with Gasteiger partial charge in [0.05, 0.1) is 6.61 Å². The summed E-state index contributed by atoms with van der Waals surface area (Å²) in [5.41, 5.74) is 1.97. The number of benzene rings is 1. The molecule has 118 valence electrons. The fourth-order valence-corrected chi connectivity index (χ4v) is 3.28. The molecule has 3 saturated heterocycles. The van der Waals surface area contributed by atoms with Crippen LogP contribution in [0.5, 0.6) is 0 Å². The second-order valence-corrected chi connectivity index (χ2v) is 6.24. The highest BCUT2D eigenvalue weighted by atomic mass is 16.9. The third kappa shape index (κ3) is 2.30. The van der Waals surface area contributed by atoms with Crippen LogP contribution >= 0.6 is 0 Å². The molecule has 5 atom stereocenters. The molecule has 5 nitrogen and oxygen atoms in total. The van der Waals surface area contributed by atoms with Crippen molar-refractivity contribution in [2.75, 3.05) is 6.61 Å². The summed E-state index contributed by atoms with van der Waals surface area (Å²) in [6, 6.07) is 7.92. The molecule has 0 saturated carbocycles. The van der Waals surface area contributed by atoms with Crippen LogP contribution in [0.4, 0.5) is 0 Å². The van der Waals surface area contributed by atoms with Crippen molar-refractivity contribution in [3.05, 3.63) is 42.0 Å². The average Bonchev–Trinajstić information content (AvgIpc) is 2.98. The molecule has 0 spiro atoms. The van der Waals surface area contributed by atoms with Gasteiger partial charge in [0.2, 0.25) is 0 Å². The van der Waals surface area contributed by atoms with E-state index in [1.54, 1.807) is 6.08 Å². The Morgan fingerprint density at radius 3 is 2.77 bits per heavy atom. The van der Waals surface area contributed by atoms with E-state index in [4.69, 9.17) is 23.7 Å². The largest absolute Gasteiger partial charge is 0.346 e. The lowest BCUT2D eigenvalue weighted by Gasteiger charge is -2.34. The lowest BCUT2D eigenvalue weighted by Crippen LogP contribution is -2.44. The fourth-order valence-electron chi connectivity index (χ4n) is 3.28. The van der Waals surface area contributed by atoms with E-state index in [0.717, 1.165) is 11.1 Å². The fraction of sp³-hybridized carbons (Fsp3) is 0.529. The molecule has 1 unspecified atom stereocenters. The molecule has 0 radical (unpaired) electrons. The number of rotatable bonds is 2. The van der Waals surface area contributed by atoms with Crippen LogP contribution in [0.25, 0.3) is 6.08 Å². The molecule has 1 aromatic rings. The lowest BCUT2D eigenvalue weighted by molar-refractivity contribution is -0.285. The summed E-state index contributed by atoms with van der Waals surface area (Å²) in [4.78, 5) is 0. The standard InChI is InChI=1S/C17H20O5/c1-4-10-7-5-6-8-11(10)15-18-9-12-13(20-15)14-16(19-12)22-17(2,3)21-14/h4-8,12-16H,1,9H2,2-3H3/t12-,13+,14-,15?,16-/m1/s1. The van der Waals surface area contributed by atoms with Crippen molar-refractivity contribution in [3.8, 4) is 0 Å². The molecule has 0 amide bonds. The van der Waals surface area contributed by atoms with Gasteiger partial charge in [-0.1, -0.05) is 36.9 Å². The summed E-state index contributed by atoms with van der Waals surface area (Å²) in [6.45, 7) is 8.07. The van der Waals surface area contributed by atoms with Crippen molar-refractivity contribution in [2.24, 2.45) is 0 Å². The van der Waals surface area contributed by atoms with Gasteiger partial charge in [-0.2, -0.15) is 0 Å². The van der Waals surface area contributed by atoms with E-state index in [9.17, 15) is 0 Å². The molecule has 3 fully saturated rings. The van der Waals surface area contributed by atoms with Crippen LogP contribution in [0.15, 0.2) is 30.8 Å². The number of hydrogen-bond acceptors (Lipinski definition) is 5. The first-order valence-electron chi connectivity index (χ1n) is 7.57. The molecule has 0 N–H and O–H groups in total. The summed E-state index contributed by atoms with van der Waals surface area (Å²) in [7, 11) is 0. The van der Waals surface area contributed by atoms with Crippen LogP contribution < -0.4 is 0 Å². The van der Waals surface area contributed by atoms with E-state index in [1.807, 2.05) is 38.1 Å². The molecule has 3 aliphatic rings. The Morgan fingerprint density at radius 1 is 1.14 bits per heavy atom. The Bertz CT molecular complexity index is 584. The second-order valence-electron chi connectivity index (χ2n) is 6.24. The van der Waals surface area contributed by atoms with Gasteiger partial charge in [0.25, 0.3) is 0 Å². The number of ether oxygens (including phenoxy) is 5. The van der Waals surface area contributed by atoms with Crippen molar-refractivity contribution in [2.45, 2.75) is 50.5 Å². The zero-order valence-electron chi connectivity index (χ0n) is 12.7. The van der Waals surface area contributed by atoms with Gasteiger partial charge >= 0.3 is 0 Å². The van der Waals surface area contributed by atoms with E-state index in [2.05, 4.69) is 6.58 Å². The average molecular weight is 304 g/mol. The van der Waals surface area contributed by atoms with Gasteiger partial charge in [0, 0.05) is 5.56 Å². The predicted molar refractivity (Wildman–Crippen MR) is 78.8 cm³/mol. The number of fused-ring (bicyclic) bond motifs is 3. The smallest absolute Gasteiger partial charge is 0.190 e. The van der Waals surface area contributed by atoms with Gasteiger partial charge in [0.15, 0.2) is 18.4 Å². The van der Waals surface area contributed by atoms with Crippen LogP contribution in [0.1, 0.15) is 31.3 Å². The highest BCUT2D eigenvalue weighted by Gasteiger charge is 2.57. The summed E-state index contributed by atoms with van der Waals surface area (Å²) >= 11 is 0. The molecular weight excluding hydrogens is 284 g/mol. The summed E-state index contributed by atoms with van der Waals surface area (Å²) < 4.78 is 29.5. The van der Waals surface area contributed by atoms with E-state index in [-0.39, 0.29) is 24.6 Å². The van der Waals surface area contributed by atoms with Gasteiger partial charge in [-0.15, -0.1) is 0 Å². The Kier molecular flexibility index (Phi) is 3.36. The minimum atomic E-state index is -0.642. The van der Waals surface area contributed by atoms with E-state index in [1.165, 1.54) is 0 Å². The maximum absolute atomic E-state index is 6.15. The first-order chi connectivity index (χ1) is 10.6. The van der Waals surface area contributed by atoms with Crippen molar-refractivity contribution < 1.29 is 23.7 Å². The summed E-state index contributed by atoms with van der Waals surface area (Å²) in [6.07, 6.45) is 0.413. The molecular formula is C17H20O5. The Labute approximate surface area is 129 Å². The molecule has 4 rings (SSSR count). The molecule has 0 aliphatic carbocycles. The zero-order chi connectivity index (χ0) is 15.3. The van der Waals surface area contributed by atoms with E-state index < -0.39 is 12.1 Å².